The summed E-state index contributed by atoms with van der Waals surface area (Å²) in [5.41, 5.74) is 1.91. The van der Waals surface area contributed by atoms with Crippen molar-refractivity contribution in [2.45, 2.75) is 19.8 Å². The molecule has 98 valence electrons. The number of rotatable bonds is 3. The van der Waals surface area contributed by atoms with Crippen LogP contribution in [0.5, 0.6) is 0 Å². The van der Waals surface area contributed by atoms with Crippen LogP contribution in [0.25, 0.3) is 0 Å². The number of halogens is 2. The van der Waals surface area contributed by atoms with Gasteiger partial charge in [-0.1, -0.05) is 31.9 Å². The zero-order valence-electron chi connectivity index (χ0n) is 10.5. The summed E-state index contributed by atoms with van der Waals surface area (Å²) in [6.45, 7) is 3.81. The molecular weight excluding hydrogens is 358 g/mol. The Balaban J connectivity index is 2.05. The second-order valence-corrected chi connectivity index (χ2v) is 6.49. The van der Waals surface area contributed by atoms with E-state index in [0.29, 0.717) is 5.92 Å². The Bertz CT molecular complexity index is 447. The summed E-state index contributed by atoms with van der Waals surface area (Å²) in [5.74, 6) is 0.826. The first kappa shape index (κ1) is 14.1. The van der Waals surface area contributed by atoms with Crippen LogP contribution in [0, 0.1) is 12.8 Å². The third kappa shape index (κ3) is 3.15. The van der Waals surface area contributed by atoms with Crippen LogP contribution in [0.1, 0.15) is 28.8 Å². The van der Waals surface area contributed by atoms with Gasteiger partial charge in [0, 0.05) is 28.5 Å². The molecule has 1 aliphatic heterocycles. The van der Waals surface area contributed by atoms with Crippen LogP contribution in [-0.2, 0) is 0 Å². The summed E-state index contributed by atoms with van der Waals surface area (Å²) in [4.78, 5) is 14.3. The number of carbonyl (C=O) groups is 1. The fraction of sp³-hybridized carbons (Fsp3) is 0.500. The number of amides is 1. The van der Waals surface area contributed by atoms with Crippen molar-refractivity contribution in [3.63, 3.8) is 0 Å². The summed E-state index contributed by atoms with van der Waals surface area (Å²) in [6, 6.07) is 5.82. The van der Waals surface area contributed by atoms with Crippen molar-refractivity contribution in [2.24, 2.45) is 5.92 Å². The van der Waals surface area contributed by atoms with Gasteiger partial charge in [-0.25, -0.2) is 0 Å². The first-order valence-corrected chi connectivity index (χ1v) is 8.14. The van der Waals surface area contributed by atoms with Crippen molar-refractivity contribution >= 4 is 37.8 Å². The maximum atomic E-state index is 12.4. The predicted molar refractivity (Wildman–Crippen MR) is 81.3 cm³/mol. The molecule has 1 aliphatic rings. The average molecular weight is 375 g/mol. The number of alkyl halides is 1. The lowest BCUT2D eigenvalue weighted by Crippen LogP contribution is -2.28. The minimum atomic E-state index is 0.169. The minimum absolute atomic E-state index is 0.169. The van der Waals surface area contributed by atoms with Gasteiger partial charge < -0.3 is 4.90 Å². The standard InChI is InChI=1S/C14H17Br2NO/c1-10-8-12(2-3-13(10)16)14(18)17-7-5-11(9-17)4-6-15/h2-3,8,11H,4-7,9H2,1H3. The van der Waals surface area contributed by atoms with Crippen molar-refractivity contribution in [1.29, 1.82) is 0 Å². The molecule has 18 heavy (non-hydrogen) atoms. The molecule has 0 aliphatic carbocycles. The van der Waals surface area contributed by atoms with Gasteiger partial charge in [-0.3, -0.25) is 4.79 Å². The number of nitrogens with zero attached hydrogens (tertiary/aromatic N) is 1. The molecule has 4 heteroatoms. The van der Waals surface area contributed by atoms with Crippen LogP contribution in [0.15, 0.2) is 22.7 Å². The lowest BCUT2D eigenvalue weighted by atomic mass is 10.1. The van der Waals surface area contributed by atoms with Crippen LogP contribution in [0.4, 0.5) is 0 Å². The van der Waals surface area contributed by atoms with Crippen molar-refractivity contribution in [1.82, 2.24) is 4.90 Å². The van der Waals surface area contributed by atoms with Gasteiger partial charge >= 0.3 is 0 Å². The number of aryl methyl sites for hydroxylation is 1. The molecule has 2 rings (SSSR count). The van der Waals surface area contributed by atoms with Crippen molar-refractivity contribution in [3.05, 3.63) is 33.8 Å². The highest BCUT2D eigenvalue weighted by molar-refractivity contribution is 9.10. The number of carbonyl (C=O) groups excluding carboxylic acids is 1. The van der Waals surface area contributed by atoms with Crippen molar-refractivity contribution in [3.8, 4) is 0 Å². The zero-order chi connectivity index (χ0) is 13.1. The Hall–Kier alpha value is -0.350. The predicted octanol–water partition coefficient (Wildman–Crippen LogP) is 4.00. The molecule has 1 unspecified atom stereocenters. The molecule has 1 saturated heterocycles. The molecule has 1 fully saturated rings. The van der Waals surface area contributed by atoms with E-state index < -0.39 is 0 Å². The summed E-state index contributed by atoms with van der Waals surface area (Å²) in [6.07, 6.45) is 2.29. The maximum Gasteiger partial charge on any atom is 0.253 e. The van der Waals surface area contributed by atoms with E-state index in [1.54, 1.807) is 0 Å². The third-order valence-corrected chi connectivity index (χ3v) is 4.84. The van der Waals surface area contributed by atoms with Gasteiger partial charge in [-0.2, -0.15) is 0 Å². The quantitative estimate of drug-likeness (QED) is 0.732. The summed E-state index contributed by atoms with van der Waals surface area (Å²) < 4.78 is 1.05. The summed E-state index contributed by atoms with van der Waals surface area (Å²) >= 11 is 6.93. The van der Waals surface area contributed by atoms with Crippen LogP contribution in [-0.4, -0.2) is 29.2 Å². The fourth-order valence-electron chi connectivity index (χ4n) is 2.37. The number of hydrogen-bond acceptors (Lipinski definition) is 1. The van der Waals surface area contributed by atoms with E-state index in [0.717, 1.165) is 46.9 Å². The molecule has 0 bridgehead atoms. The average Bonchev–Trinajstić information content (AvgIpc) is 2.81. The van der Waals surface area contributed by atoms with E-state index in [1.807, 2.05) is 30.0 Å². The first-order chi connectivity index (χ1) is 8.61. The Morgan fingerprint density at radius 2 is 2.28 bits per heavy atom. The van der Waals surface area contributed by atoms with E-state index in [4.69, 9.17) is 0 Å². The smallest absolute Gasteiger partial charge is 0.253 e. The molecule has 2 nitrogen and oxygen atoms in total. The van der Waals surface area contributed by atoms with E-state index in [2.05, 4.69) is 31.9 Å². The Morgan fingerprint density at radius 3 is 2.94 bits per heavy atom. The van der Waals surface area contributed by atoms with Gasteiger partial charge in [0.05, 0.1) is 0 Å². The van der Waals surface area contributed by atoms with Gasteiger partial charge in [0.1, 0.15) is 0 Å². The van der Waals surface area contributed by atoms with Gasteiger partial charge in [0.25, 0.3) is 5.91 Å². The molecule has 1 amide bonds. The lowest BCUT2D eigenvalue weighted by Gasteiger charge is -2.17. The highest BCUT2D eigenvalue weighted by atomic mass is 79.9. The molecule has 1 aromatic carbocycles. The summed E-state index contributed by atoms with van der Waals surface area (Å²) in [7, 11) is 0. The summed E-state index contributed by atoms with van der Waals surface area (Å²) in [5, 5.41) is 1.02. The van der Waals surface area contributed by atoms with Crippen molar-refractivity contribution < 1.29 is 4.79 Å². The molecule has 0 radical (unpaired) electrons. The van der Waals surface area contributed by atoms with Gasteiger partial charge in [0.15, 0.2) is 0 Å². The van der Waals surface area contributed by atoms with E-state index in [1.165, 1.54) is 0 Å². The monoisotopic (exact) mass is 373 g/mol. The van der Waals surface area contributed by atoms with E-state index >= 15 is 0 Å². The van der Waals surface area contributed by atoms with Crippen molar-refractivity contribution in [2.75, 3.05) is 18.4 Å². The first-order valence-electron chi connectivity index (χ1n) is 6.23. The number of hydrogen-bond donors (Lipinski definition) is 0. The lowest BCUT2D eigenvalue weighted by molar-refractivity contribution is 0.0787. The fourth-order valence-corrected chi connectivity index (χ4v) is 3.26. The van der Waals surface area contributed by atoms with Crippen LogP contribution < -0.4 is 0 Å². The second kappa shape index (κ2) is 6.20. The topological polar surface area (TPSA) is 20.3 Å². The molecule has 1 aromatic rings. The minimum Gasteiger partial charge on any atom is -0.338 e. The molecule has 0 N–H and O–H groups in total. The number of likely N-dealkylation sites (tertiary alicyclic amines) is 1. The van der Waals surface area contributed by atoms with Gasteiger partial charge in [-0.05, 0) is 49.4 Å². The highest BCUT2D eigenvalue weighted by Crippen LogP contribution is 2.23. The van der Waals surface area contributed by atoms with Gasteiger partial charge in [0.2, 0.25) is 0 Å². The second-order valence-electron chi connectivity index (χ2n) is 4.85. The van der Waals surface area contributed by atoms with Gasteiger partial charge in [-0.15, -0.1) is 0 Å². The van der Waals surface area contributed by atoms with E-state index in [-0.39, 0.29) is 5.91 Å². The number of benzene rings is 1. The molecular formula is C14H17Br2NO. The van der Waals surface area contributed by atoms with Crippen LogP contribution in [0.2, 0.25) is 0 Å². The Labute approximate surface area is 125 Å². The highest BCUT2D eigenvalue weighted by Gasteiger charge is 2.26. The molecule has 0 saturated carbocycles. The molecule has 0 aromatic heterocycles. The molecule has 1 atom stereocenters. The third-order valence-electron chi connectivity index (χ3n) is 3.50. The SMILES string of the molecule is Cc1cc(C(=O)N2CCC(CCBr)C2)ccc1Br. The van der Waals surface area contributed by atoms with E-state index in [9.17, 15) is 4.79 Å². The Morgan fingerprint density at radius 1 is 1.50 bits per heavy atom. The van der Waals surface area contributed by atoms with Crippen LogP contribution >= 0.6 is 31.9 Å². The van der Waals surface area contributed by atoms with Crippen LogP contribution in [0.3, 0.4) is 0 Å². The zero-order valence-corrected chi connectivity index (χ0v) is 13.6. The normalized spacial score (nSPS) is 19.3. The molecule has 0 spiro atoms. The molecule has 1 heterocycles. The Kier molecular flexibility index (Phi) is 4.84. The maximum absolute atomic E-state index is 12.4. The largest absolute Gasteiger partial charge is 0.338 e.